The predicted octanol–water partition coefficient (Wildman–Crippen LogP) is 1.51. The van der Waals surface area contributed by atoms with Crippen molar-refractivity contribution in [1.29, 1.82) is 0 Å². The lowest BCUT2D eigenvalue weighted by molar-refractivity contribution is 0.294. The maximum absolute atomic E-state index is 5.10. The fourth-order valence-electron chi connectivity index (χ4n) is 0.462. The second-order valence-electron chi connectivity index (χ2n) is 1.87. The number of rotatable bonds is 4. The molecule has 0 aliphatic heterocycles. The molecular formula is C7H14NOS. The molecule has 0 atom stereocenters. The van der Waals surface area contributed by atoms with Crippen molar-refractivity contribution in [3.63, 3.8) is 0 Å². The summed E-state index contributed by atoms with van der Waals surface area (Å²) in [5, 5.41) is 3.39. The van der Waals surface area contributed by atoms with Crippen molar-refractivity contribution in [2.24, 2.45) is 0 Å². The summed E-state index contributed by atoms with van der Waals surface area (Å²) in [6, 6.07) is 0. The Morgan fingerprint density at radius 1 is 1.70 bits per heavy atom. The van der Waals surface area contributed by atoms with Crippen molar-refractivity contribution in [3.05, 3.63) is 6.92 Å². The molecule has 0 heterocycles. The first-order valence-electron chi connectivity index (χ1n) is 3.51. The highest BCUT2D eigenvalue weighted by Crippen LogP contribution is 1.87. The van der Waals surface area contributed by atoms with Crippen LogP contribution in [0, 0.1) is 6.92 Å². The van der Waals surface area contributed by atoms with Gasteiger partial charge in [-0.15, -0.1) is 0 Å². The van der Waals surface area contributed by atoms with E-state index >= 15 is 0 Å². The molecule has 0 unspecified atom stereocenters. The zero-order chi connectivity index (χ0) is 7.82. The fraction of sp³-hybridized carbons (Fsp3) is 0.714. The van der Waals surface area contributed by atoms with Crippen molar-refractivity contribution in [2.45, 2.75) is 19.8 Å². The maximum atomic E-state index is 5.10. The van der Waals surface area contributed by atoms with Crippen LogP contribution < -0.4 is 5.32 Å². The van der Waals surface area contributed by atoms with Crippen molar-refractivity contribution >= 4 is 17.4 Å². The van der Waals surface area contributed by atoms with Gasteiger partial charge in [0.1, 0.15) is 0 Å². The van der Waals surface area contributed by atoms with Crippen molar-refractivity contribution in [1.82, 2.24) is 5.32 Å². The van der Waals surface area contributed by atoms with Gasteiger partial charge >= 0.3 is 0 Å². The summed E-state index contributed by atoms with van der Waals surface area (Å²) in [4.78, 5) is 0. The topological polar surface area (TPSA) is 21.3 Å². The Morgan fingerprint density at radius 3 is 2.90 bits per heavy atom. The first-order chi connectivity index (χ1) is 4.81. The lowest BCUT2D eigenvalue weighted by atomic mass is 10.4. The molecule has 10 heavy (non-hydrogen) atoms. The van der Waals surface area contributed by atoms with E-state index in [0.29, 0.717) is 11.8 Å². The van der Waals surface area contributed by atoms with Crippen LogP contribution in [-0.2, 0) is 4.74 Å². The minimum atomic E-state index is 0.496. The predicted molar refractivity (Wildman–Crippen MR) is 46.8 cm³/mol. The molecule has 0 rings (SSSR count). The van der Waals surface area contributed by atoms with Crippen molar-refractivity contribution < 1.29 is 4.74 Å². The van der Waals surface area contributed by atoms with E-state index in [2.05, 4.69) is 12.2 Å². The zero-order valence-corrected chi connectivity index (χ0v) is 7.17. The summed E-state index contributed by atoms with van der Waals surface area (Å²) in [6.07, 6.45) is 1.86. The van der Waals surface area contributed by atoms with E-state index in [-0.39, 0.29) is 0 Å². The van der Waals surface area contributed by atoms with E-state index in [4.69, 9.17) is 17.0 Å². The molecule has 1 N–H and O–H groups in total. The van der Waals surface area contributed by atoms with Crippen LogP contribution in [0.4, 0.5) is 0 Å². The molecule has 0 aromatic heterocycles. The van der Waals surface area contributed by atoms with Gasteiger partial charge in [-0.3, -0.25) is 0 Å². The van der Waals surface area contributed by atoms with Gasteiger partial charge in [0.15, 0.2) is 0 Å². The SMILES string of the molecule is [CH2]CCCOC(=S)NCC. The quantitative estimate of drug-likeness (QED) is 0.497. The molecule has 1 radical (unpaired) electrons. The van der Waals surface area contributed by atoms with Crippen molar-refractivity contribution in [3.8, 4) is 0 Å². The number of hydrogen-bond acceptors (Lipinski definition) is 2. The number of unbranched alkanes of at least 4 members (excludes halogenated alkanes) is 1. The van der Waals surface area contributed by atoms with Crippen molar-refractivity contribution in [2.75, 3.05) is 13.2 Å². The molecule has 0 aliphatic carbocycles. The average molecular weight is 160 g/mol. The summed E-state index contributed by atoms with van der Waals surface area (Å²) in [7, 11) is 0. The molecule has 2 nitrogen and oxygen atoms in total. The normalized spacial score (nSPS) is 9.00. The number of hydrogen-bond donors (Lipinski definition) is 1. The Morgan fingerprint density at radius 2 is 2.40 bits per heavy atom. The third-order valence-electron chi connectivity index (χ3n) is 0.949. The Bertz CT molecular complexity index is 95.6. The van der Waals surface area contributed by atoms with Crippen LogP contribution in [0.25, 0.3) is 0 Å². The van der Waals surface area contributed by atoms with Gasteiger partial charge in [0.05, 0.1) is 6.61 Å². The summed E-state index contributed by atoms with van der Waals surface area (Å²) in [6.45, 7) is 7.17. The number of nitrogens with one attached hydrogen (secondary N) is 1. The Balaban J connectivity index is 3.05. The molecule has 0 bridgehead atoms. The van der Waals surface area contributed by atoms with Gasteiger partial charge in [-0.25, -0.2) is 0 Å². The third kappa shape index (κ3) is 5.82. The lowest BCUT2D eigenvalue weighted by Crippen LogP contribution is -2.23. The maximum Gasteiger partial charge on any atom is 0.256 e. The van der Waals surface area contributed by atoms with E-state index < -0.39 is 0 Å². The third-order valence-corrected chi connectivity index (χ3v) is 1.21. The van der Waals surface area contributed by atoms with Gasteiger partial charge in [0, 0.05) is 6.54 Å². The highest BCUT2D eigenvalue weighted by atomic mass is 32.1. The van der Waals surface area contributed by atoms with Gasteiger partial charge in [-0.05, 0) is 25.6 Å². The van der Waals surface area contributed by atoms with Crippen LogP contribution in [-0.4, -0.2) is 18.3 Å². The van der Waals surface area contributed by atoms with Crippen LogP contribution in [0.1, 0.15) is 19.8 Å². The van der Waals surface area contributed by atoms with Crippen LogP contribution >= 0.6 is 12.2 Å². The molecule has 0 saturated carbocycles. The zero-order valence-electron chi connectivity index (χ0n) is 6.35. The summed E-state index contributed by atoms with van der Waals surface area (Å²) >= 11 is 4.81. The molecule has 0 amide bonds. The lowest BCUT2D eigenvalue weighted by Gasteiger charge is -2.06. The molecule has 59 valence electrons. The van der Waals surface area contributed by atoms with Gasteiger partial charge in [-0.2, -0.15) is 0 Å². The van der Waals surface area contributed by atoms with Crippen LogP contribution in [0.3, 0.4) is 0 Å². The average Bonchev–Trinajstić information content (AvgIpc) is 1.89. The van der Waals surface area contributed by atoms with Gasteiger partial charge in [0.25, 0.3) is 5.17 Å². The summed E-state index contributed by atoms with van der Waals surface area (Å²) in [5.74, 6) is 0. The number of ether oxygens (including phenoxy) is 1. The molecule has 0 fully saturated rings. The van der Waals surface area contributed by atoms with E-state index in [1.54, 1.807) is 0 Å². The van der Waals surface area contributed by atoms with E-state index in [1.165, 1.54) is 0 Å². The second-order valence-corrected chi connectivity index (χ2v) is 2.24. The van der Waals surface area contributed by atoms with Crippen LogP contribution in [0.2, 0.25) is 0 Å². The van der Waals surface area contributed by atoms with Gasteiger partial charge < -0.3 is 10.1 Å². The fourth-order valence-corrected chi connectivity index (χ4v) is 0.690. The standard InChI is InChI=1S/C7H14NOS/c1-3-5-6-9-7(10)8-4-2/h1,3-6H2,2H3,(H,8,10). The highest BCUT2D eigenvalue weighted by molar-refractivity contribution is 7.80. The molecule has 0 aliphatic rings. The minimum Gasteiger partial charge on any atom is -0.471 e. The smallest absolute Gasteiger partial charge is 0.256 e. The van der Waals surface area contributed by atoms with E-state index in [0.717, 1.165) is 19.4 Å². The van der Waals surface area contributed by atoms with Gasteiger partial charge in [-0.1, -0.05) is 13.3 Å². The molecule has 0 aromatic carbocycles. The Kier molecular flexibility index (Phi) is 6.59. The molecule has 3 heteroatoms. The van der Waals surface area contributed by atoms with Crippen LogP contribution in [0.5, 0.6) is 0 Å². The molecule has 0 spiro atoms. The Labute approximate surface area is 68.0 Å². The van der Waals surface area contributed by atoms with E-state index in [1.807, 2.05) is 6.92 Å². The first-order valence-corrected chi connectivity index (χ1v) is 3.92. The summed E-state index contributed by atoms with van der Waals surface area (Å²) in [5.41, 5.74) is 0. The first kappa shape index (κ1) is 9.69. The Hall–Kier alpha value is -0.310. The van der Waals surface area contributed by atoms with Gasteiger partial charge in [0.2, 0.25) is 0 Å². The molecule has 0 saturated heterocycles. The molecular weight excluding hydrogens is 146 g/mol. The largest absolute Gasteiger partial charge is 0.471 e. The number of thiocarbonyl (C=S) groups is 1. The van der Waals surface area contributed by atoms with E-state index in [9.17, 15) is 0 Å². The monoisotopic (exact) mass is 160 g/mol. The summed E-state index contributed by atoms with van der Waals surface area (Å²) < 4.78 is 5.10. The molecule has 0 aromatic rings. The minimum absolute atomic E-state index is 0.496. The second kappa shape index (κ2) is 6.81. The van der Waals surface area contributed by atoms with Crippen LogP contribution in [0.15, 0.2) is 0 Å². The highest BCUT2D eigenvalue weighted by Gasteiger charge is 1.91.